The molecule has 1 aromatic carbocycles. The quantitative estimate of drug-likeness (QED) is 0.847. The third kappa shape index (κ3) is 3.41. The van der Waals surface area contributed by atoms with Gasteiger partial charge in [0.15, 0.2) is 0 Å². The topological polar surface area (TPSA) is 59.1 Å². The van der Waals surface area contributed by atoms with E-state index in [1.54, 1.807) is 36.2 Å². The molecule has 0 spiro atoms. The molecule has 1 saturated heterocycles. The van der Waals surface area contributed by atoms with Crippen molar-refractivity contribution in [2.45, 2.75) is 20.3 Å². The van der Waals surface area contributed by atoms with Gasteiger partial charge in [-0.2, -0.15) is 0 Å². The summed E-state index contributed by atoms with van der Waals surface area (Å²) in [5, 5.41) is 0. The van der Waals surface area contributed by atoms with Crippen molar-refractivity contribution >= 4 is 11.8 Å². The molecule has 0 N–H and O–H groups in total. The van der Waals surface area contributed by atoms with Crippen molar-refractivity contribution in [2.24, 2.45) is 0 Å². The standard InChI is InChI=1S/C17H24N2O4/c1-5-15(20)18-8-10-19(11-9-18)17(21)13-6-7-14(22-3)12(2)16(13)23-4/h6-7H,5,8-11H2,1-4H3. The Hall–Kier alpha value is -2.24. The Morgan fingerprint density at radius 2 is 1.65 bits per heavy atom. The molecular formula is C17H24N2O4. The summed E-state index contributed by atoms with van der Waals surface area (Å²) in [5.74, 6) is 1.30. The summed E-state index contributed by atoms with van der Waals surface area (Å²) >= 11 is 0. The van der Waals surface area contributed by atoms with Crippen LogP contribution in [0.2, 0.25) is 0 Å². The first-order valence-electron chi connectivity index (χ1n) is 7.82. The first kappa shape index (κ1) is 17.1. The van der Waals surface area contributed by atoms with Gasteiger partial charge in [-0.05, 0) is 19.1 Å². The number of rotatable bonds is 4. The predicted molar refractivity (Wildman–Crippen MR) is 87.1 cm³/mol. The zero-order chi connectivity index (χ0) is 17.0. The van der Waals surface area contributed by atoms with E-state index in [0.717, 1.165) is 5.56 Å². The molecule has 2 rings (SSSR count). The Morgan fingerprint density at radius 1 is 1.04 bits per heavy atom. The van der Waals surface area contributed by atoms with Crippen molar-refractivity contribution in [3.05, 3.63) is 23.3 Å². The summed E-state index contributed by atoms with van der Waals surface area (Å²) in [6.45, 7) is 5.96. The van der Waals surface area contributed by atoms with E-state index in [-0.39, 0.29) is 11.8 Å². The monoisotopic (exact) mass is 320 g/mol. The van der Waals surface area contributed by atoms with Crippen LogP contribution in [0.3, 0.4) is 0 Å². The molecule has 0 aromatic heterocycles. The second-order valence-electron chi connectivity index (χ2n) is 5.50. The van der Waals surface area contributed by atoms with Crippen LogP contribution in [-0.2, 0) is 4.79 Å². The van der Waals surface area contributed by atoms with E-state index < -0.39 is 0 Å². The Labute approximate surface area is 137 Å². The van der Waals surface area contributed by atoms with E-state index in [4.69, 9.17) is 9.47 Å². The number of ether oxygens (including phenoxy) is 2. The summed E-state index contributed by atoms with van der Waals surface area (Å²) < 4.78 is 10.7. The average Bonchev–Trinajstić information content (AvgIpc) is 2.60. The van der Waals surface area contributed by atoms with E-state index in [1.807, 2.05) is 13.8 Å². The highest BCUT2D eigenvalue weighted by Crippen LogP contribution is 2.32. The van der Waals surface area contributed by atoms with Crippen LogP contribution < -0.4 is 9.47 Å². The maximum Gasteiger partial charge on any atom is 0.257 e. The number of hydrogen-bond donors (Lipinski definition) is 0. The molecule has 1 aliphatic heterocycles. The number of methoxy groups -OCH3 is 2. The number of benzene rings is 1. The zero-order valence-corrected chi connectivity index (χ0v) is 14.2. The first-order chi connectivity index (χ1) is 11.0. The van der Waals surface area contributed by atoms with Crippen molar-refractivity contribution in [2.75, 3.05) is 40.4 Å². The fourth-order valence-corrected chi connectivity index (χ4v) is 2.88. The lowest BCUT2D eigenvalue weighted by Gasteiger charge is -2.35. The average molecular weight is 320 g/mol. The van der Waals surface area contributed by atoms with E-state index >= 15 is 0 Å². The molecule has 0 atom stereocenters. The number of nitrogens with zero attached hydrogens (tertiary/aromatic N) is 2. The molecule has 1 fully saturated rings. The minimum atomic E-state index is -0.0730. The number of carbonyl (C=O) groups excluding carboxylic acids is 2. The summed E-state index contributed by atoms with van der Waals surface area (Å²) in [4.78, 5) is 28.1. The van der Waals surface area contributed by atoms with Crippen LogP contribution in [-0.4, -0.2) is 62.0 Å². The highest BCUT2D eigenvalue weighted by Gasteiger charge is 2.26. The summed E-state index contributed by atoms with van der Waals surface area (Å²) in [5.41, 5.74) is 1.33. The van der Waals surface area contributed by atoms with Gasteiger partial charge in [0.05, 0.1) is 19.8 Å². The molecule has 0 radical (unpaired) electrons. The van der Waals surface area contributed by atoms with Crippen LogP contribution in [0.4, 0.5) is 0 Å². The highest BCUT2D eigenvalue weighted by molar-refractivity contribution is 5.98. The zero-order valence-electron chi connectivity index (χ0n) is 14.2. The maximum atomic E-state index is 12.8. The molecule has 0 unspecified atom stereocenters. The fourth-order valence-electron chi connectivity index (χ4n) is 2.88. The Morgan fingerprint density at radius 3 is 2.17 bits per heavy atom. The molecule has 0 bridgehead atoms. The summed E-state index contributed by atoms with van der Waals surface area (Å²) in [6.07, 6.45) is 0.499. The van der Waals surface area contributed by atoms with Crippen molar-refractivity contribution in [1.82, 2.24) is 9.80 Å². The highest BCUT2D eigenvalue weighted by atomic mass is 16.5. The molecule has 6 heteroatoms. The van der Waals surface area contributed by atoms with Crippen LogP contribution in [0, 0.1) is 6.92 Å². The first-order valence-corrected chi connectivity index (χ1v) is 7.82. The normalized spacial score (nSPS) is 14.6. The van der Waals surface area contributed by atoms with Gasteiger partial charge < -0.3 is 19.3 Å². The Kier molecular flexibility index (Phi) is 5.47. The van der Waals surface area contributed by atoms with Crippen LogP contribution >= 0.6 is 0 Å². The molecule has 6 nitrogen and oxygen atoms in total. The minimum absolute atomic E-state index is 0.0730. The van der Waals surface area contributed by atoms with Gasteiger partial charge in [0.1, 0.15) is 11.5 Å². The van der Waals surface area contributed by atoms with Crippen molar-refractivity contribution in [1.29, 1.82) is 0 Å². The van der Waals surface area contributed by atoms with Crippen molar-refractivity contribution in [3.8, 4) is 11.5 Å². The lowest BCUT2D eigenvalue weighted by atomic mass is 10.1. The van der Waals surface area contributed by atoms with E-state index in [2.05, 4.69) is 0 Å². The van der Waals surface area contributed by atoms with Crippen LogP contribution in [0.1, 0.15) is 29.3 Å². The molecule has 1 aromatic rings. The van der Waals surface area contributed by atoms with Crippen LogP contribution in [0.5, 0.6) is 11.5 Å². The fraction of sp³-hybridized carbons (Fsp3) is 0.529. The number of piperazine rings is 1. The summed E-state index contributed by atoms with van der Waals surface area (Å²) in [7, 11) is 3.14. The second-order valence-corrected chi connectivity index (χ2v) is 5.50. The SMILES string of the molecule is CCC(=O)N1CCN(C(=O)c2ccc(OC)c(C)c2OC)CC1. The van der Waals surface area contributed by atoms with Gasteiger partial charge in [-0.3, -0.25) is 9.59 Å². The van der Waals surface area contributed by atoms with Crippen molar-refractivity contribution < 1.29 is 19.1 Å². The molecule has 23 heavy (non-hydrogen) atoms. The Balaban J connectivity index is 2.16. The lowest BCUT2D eigenvalue weighted by Crippen LogP contribution is -2.50. The van der Waals surface area contributed by atoms with Gasteiger partial charge in [0, 0.05) is 38.2 Å². The maximum absolute atomic E-state index is 12.8. The van der Waals surface area contributed by atoms with E-state index in [9.17, 15) is 9.59 Å². The molecule has 126 valence electrons. The van der Waals surface area contributed by atoms with Gasteiger partial charge in [0.25, 0.3) is 5.91 Å². The number of carbonyl (C=O) groups is 2. The van der Waals surface area contributed by atoms with Crippen LogP contribution in [0.15, 0.2) is 12.1 Å². The predicted octanol–water partition coefficient (Wildman–Crippen LogP) is 1.71. The van der Waals surface area contributed by atoms with E-state index in [1.165, 1.54) is 0 Å². The van der Waals surface area contributed by atoms with Crippen LogP contribution in [0.25, 0.3) is 0 Å². The molecule has 1 heterocycles. The largest absolute Gasteiger partial charge is 0.496 e. The van der Waals surface area contributed by atoms with Crippen molar-refractivity contribution in [3.63, 3.8) is 0 Å². The summed E-state index contributed by atoms with van der Waals surface area (Å²) in [6, 6.07) is 3.51. The van der Waals surface area contributed by atoms with Gasteiger partial charge in [0.2, 0.25) is 5.91 Å². The number of hydrogen-bond acceptors (Lipinski definition) is 4. The van der Waals surface area contributed by atoms with E-state index in [0.29, 0.717) is 49.7 Å². The lowest BCUT2D eigenvalue weighted by molar-refractivity contribution is -0.132. The Bertz CT molecular complexity index is 593. The molecule has 1 aliphatic rings. The second kappa shape index (κ2) is 7.35. The number of amides is 2. The molecular weight excluding hydrogens is 296 g/mol. The van der Waals surface area contributed by atoms with Gasteiger partial charge >= 0.3 is 0 Å². The van der Waals surface area contributed by atoms with Gasteiger partial charge in [-0.1, -0.05) is 6.92 Å². The third-order valence-corrected chi connectivity index (χ3v) is 4.23. The molecule has 0 saturated carbocycles. The minimum Gasteiger partial charge on any atom is -0.496 e. The smallest absolute Gasteiger partial charge is 0.257 e. The molecule has 2 amide bonds. The molecule has 0 aliphatic carbocycles. The van der Waals surface area contributed by atoms with Gasteiger partial charge in [-0.25, -0.2) is 0 Å². The third-order valence-electron chi connectivity index (χ3n) is 4.23. The van der Waals surface area contributed by atoms with Gasteiger partial charge in [-0.15, -0.1) is 0 Å².